The molecule has 190 valence electrons. The predicted octanol–water partition coefficient (Wildman–Crippen LogP) is 3.68. The number of hydrogen-bond donors (Lipinski definition) is 1. The molecule has 0 amide bonds. The van der Waals surface area contributed by atoms with Gasteiger partial charge < -0.3 is 23.6 Å². The highest BCUT2D eigenvalue weighted by Crippen LogP contribution is 2.33. The van der Waals surface area contributed by atoms with Crippen LogP contribution in [0.15, 0.2) is 47.0 Å². The lowest BCUT2D eigenvalue weighted by Gasteiger charge is -2.32. The minimum Gasteiger partial charge on any atom is -0.492 e. The molecule has 0 unspecified atom stereocenters. The summed E-state index contributed by atoms with van der Waals surface area (Å²) in [6.07, 6.45) is 0. The third kappa shape index (κ3) is 5.51. The molecule has 3 heterocycles. The van der Waals surface area contributed by atoms with Crippen LogP contribution in [0.3, 0.4) is 0 Å². The largest absolute Gasteiger partial charge is 0.492 e. The third-order valence-corrected chi connectivity index (χ3v) is 6.33. The van der Waals surface area contributed by atoms with E-state index in [1.807, 2.05) is 24.3 Å². The first kappa shape index (κ1) is 24.2. The van der Waals surface area contributed by atoms with Gasteiger partial charge >= 0.3 is 0 Å². The number of likely N-dealkylation sites (N-methyl/N-ethyl adjacent to an activating group) is 1. The van der Waals surface area contributed by atoms with E-state index >= 15 is 0 Å². The van der Waals surface area contributed by atoms with Crippen LogP contribution in [-0.2, 0) is 4.74 Å². The van der Waals surface area contributed by atoms with E-state index in [9.17, 15) is 4.39 Å². The standard InChI is InChI=1S/C26H30FN5O4/c1-31-7-9-32(10-8-31)11-12-34-19-5-3-18(4-6-19)22-16-25(36-30-22)26-20-15-21(27)24(35-14-13-33-2)17-23(20)28-29-26/h3-6,15-17H,7-14H2,1-2H3,(H,28,29). The summed E-state index contributed by atoms with van der Waals surface area (Å²) in [4.78, 5) is 4.76. The molecule has 1 fully saturated rings. The monoisotopic (exact) mass is 495 g/mol. The van der Waals surface area contributed by atoms with Crippen LogP contribution in [0.5, 0.6) is 11.5 Å². The summed E-state index contributed by atoms with van der Waals surface area (Å²) in [6, 6.07) is 12.5. The lowest BCUT2D eigenvalue weighted by molar-refractivity contribution is 0.134. The van der Waals surface area contributed by atoms with Crippen LogP contribution in [0.2, 0.25) is 0 Å². The zero-order valence-corrected chi connectivity index (χ0v) is 20.5. The van der Waals surface area contributed by atoms with E-state index in [1.54, 1.807) is 19.2 Å². The van der Waals surface area contributed by atoms with Crippen molar-refractivity contribution in [3.05, 3.63) is 48.3 Å². The van der Waals surface area contributed by atoms with Gasteiger partial charge in [0, 0.05) is 62.9 Å². The van der Waals surface area contributed by atoms with Crippen molar-refractivity contribution in [1.29, 1.82) is 0 Å². The molecule has 0 saturated carbocycles. The van der Waals surface area contributed by atoms with Gasteiger partial charge in [0.1, 0.15) is 30.4 Å². The number of rotatable bonds is 10. The summed E-state index contributed by atoms with van der Waals surface area (Å²) >= 11 is 0. The summed E-state index contributed by atoms with van der Waals surface area (Å²) < 4.78 is 36.4. The number of aromatic amines is 1. The molecule has 0 atom stereocenters. The molecule has 10 heteroatoms. The average Bonchev–Trinajstić information content (AvgIpc) is 3.53. The van der Waals surface area contributed by atoms with Crippen LogP contribution in [0.25, 0.3) is 33.6 Å². The van der Waals surface area contributed by atoms with Crippen LogP contribution >= 0.6 is 0 Å². The number of halogens is 1. The van der Waals surface area contributed by atoms with Gasteiger partial charge in [-0.2, -0.15) is 5.10 Å². The number of methoxy groups -OCH3 is 1. The van der Waals surface area contributed by atoms with Crippen LogP contribution in [-0.4, -0.2) is 91.9 Å². The smallest absolute Gasteiger partial charge is 0.188 e. The second-order valence-electron chi connectivity index (χ2n) is 8.84. The number of benzene rings is 2. The molecule has 0 bridgehead atoms. The molecule has 0 radical (unpaired) electrons. The molecule has 9 nitrogen and oxygen atoms in total. The van der Waals surface area contributed by atoms with E-state index in [4.69, 9.17) is 18.7 Å². The normalized spacial score (nSPS) is 15.0. The molecule has 5 rings (SSSR count). The number of hydrogen-bond acceptors (Lipinski definition) is 8. The molecule has 1 aliphatic rings. The van der Waals surface area contributed by atoms with Crippen LogP contribution in [0.1, 0.15) is 0 Å². The molecule has 1 saturated heterocycles. The molecule has 4 aromatic rings. The first-order valence-corrected chi connectivity index (χ1v) is 12.0. The van der Waals surface area contributed by atoms with E-state index in [0.717, 1.165) is 44.0 Å². The highest BCUT2D eigenvalue weighted by molar-refractivity contribution is 5.92. The van der Waals surface area contributed by atoms with Crippen molar-refractivity contribution < 1.29 is 23.1 Å². The van der Waals surface area contributed by atoms with Crippen molar-refractivity contribution in [2.75, 3.05) is 66.7 Å². The first-order chi connectivity index (χ1) is 17.6. The predicted molar refractivity (Wildman–Crippen MR) is 134 cm³/mol. The number of fused-ring (bicyclic) bond motifs is 1. The van der Waals surface area contributed by atoms with Gasteiger partial charge in [0.25, 0.3) is 0 Å². The van der Waals surface area contributed by atoms with Gasteiger partial charge in [-0.05, 0) is 37.4 Å². The summed E-state index contributed by atoms with van der Waals surface area (Å²) in [5, 5.41) is 12.0. The fourth-order valence-electron chi connectivity index (χ4n) is 4.16. The minimum atomic E-state index is -0.482. The van der Waals surface area contributed by atoms with Gasteiger partial charge in [0.15, 0.2) is 17.3 Å². The van der Waals surface area contributed by atoms with Crippen molar-refractivity contribution in [3.63, 3.8) is 0 Å². The zero-order chi connectivity index (χ0) is 24.9. The minimum absolute atomic E-state index is 0.138. The number of nitrogens with zero attached hydrogens (tertiary/aromatic N) is 4. The average molecular weight is 496 g/mol. The van der Waals surface area contributed by atoms with Crippen molar-refractivity contribution in [1.82, 2.24) is 25.2 Å². The summed E-state index contributed by atoms with van der Waals surface area (Å²) in [7, 11) is 3.72. The van der Waals surface area contributed by atoms with Gasteiger partial charge in [0.05, 0.1) is 12.1 Å². The Morgan fingerprint density at radius 2 is 1.81 bits per heavy atom. The fourth-order valence-corrected chi connectivity index (χ4v) is 4.16. The Kier molecular flexibility index (Phi) is 7.45. The van der Waals surface area contributed by atoms with Crippen molar-refractivity contribution in [2.45, 2.75) is 0 Å². The lowest BCUT2D eigenvalue weighted by Crippen LogP contribution is -2.45. The lowest BCUT2D eigenvalue weighted by atomic mass is 10.1. The van der Waals surface area contributed by atoms with E-state index < -0.39 is 5.82 Å². The summed E-state index contributed by atoms with van der Waals surface area (Å²) in [5.74, 6) is 0.910. The number of piperazine rings is 1. The Balaban J connectivity index is 1.23. The summed E-state index contributed by atoms with van der Waals surface area (Å²) in [6.45, 7) is 6.55. The van der Waals surface area contributed by atoms with Crippen molar-refractivity contribution in [2.24, 2.45) is 0 Å². The Labute approximate surface area is 208 Å². The first-order valence-electron chi connectivity index (χ1n) is 12.0. The van der Waals surface area contributed by atoms with E-state index in [-0.39, 0.29) is 12.4 Å². The van der Waals surface area contributed by atoms with Crippen molar-refractivity contribution in [3.8, 4) is 34.2 Å². The quantitative estimate of drug-likeness (QED) is 0.334. The molecule has 0 aliphatic carbocycles. The molecular formula is C26H30FN5O4. The Hall–Kier alpha value is -3.47. The topological polar surface area (TPSA) is 88.9 Å². The molecular weight excluding hydrogens is 465 g/mol. The fraction of sp³-hybridized carbons (Fsp3) is 0.385. The SMILES string of the molecule is COCCOc1cc2[nH]nc(-c3cc(-c4ccc(OCCN5CCN(C)CC5)cc4)no3)c2cc1F. The molecule has 1 N–H and O–H groups in total. The molecule has 2 aromatic carbocycles. The van der Waals surface area contributed by atoms with Crippen LogP contribution in [0, 0.1) is 5.82 Å². The van der Waals surface area contributed by atoms with Crippen LogP contribution < -0.4 is 9.47 Å². The Morgan fingerprint density at radius 3 is 2.58 bits per heavy atom. The molecule has 36 heavy (non-hydrogen) atoms. The van der Waals surface area contributed by atoms with Gasteiger partial charge in [-0.3, -0.25) is 10.00 Å². The third-order valence-electron chi connectivity index (χ3n) is 6.33. The van der Waals surface area contributed by atoms with Gasteiger partial charge in [0.2, 0.25) is 0 Å². The van der Waals surface area contributed by atoms with Crippen LogP contribution in [0.4, 0.5) is 4.39 Å². The van der Waals surface area contributed by atoms with E-state index in [2.05, 4.69) is 32.2 Å². The Bertz CT molecular complexity index is 1280. The molecule has 0 spiro atoms. The maximum absolute atomic E-state index is 14.6. The highest BCUT2D eigenvalue weighted by atomic mass is 19.1. The maximum atomic E-state index is 14.6. The molecule has 2 aromatic heterocycles. The van der Waals surface area contributed by atoms with E-state index in [1.165, 1.54) is 6.07 Å². The van der Waals surface area contributed by atoms with Gasteiger partial charge in [-0.25, -0.2) is 4.39 Å². The summed E-state index contributed by atoms with van der Waals surface area (Å²) in [5.41, 5.74) is 2.66. The van der Waals surface area contributed by atoms with Gasteiger partial charge in [-0.1, -0.05) is 5.16 Å². The number of H-pyrrole nitrogens is 1. The zero-order valence-electron chi connectivity index (χ0n) is 20.5. The molecule has 1 aliphatic heterocycles. The number of nitrogens with one attached hydrogen (secondary N) is 1. The maximum Gasteiger partial charge on any atom is 0.188 e. The number of aromatic nitrogens is 3. The van der Waals surface area contributed by atoms with E-state index in [0.29, 0.717) is 41.3 Å². The van der Waals surface area contributed by atoms with Gasteiger partial charge in [-0.15, -0.1) is 0 Å². The Morgan fingerprint density at radius 1 is 1.00 bits per heavy atom. The second-order valence-corrected chi connectivity index (χ2v) is 8.84. The van der Waals surface area contributed by atoms with Crippen molar-refractivity contribution >= 4 is 10.9 Å². The number of ether oxygens (including phenoxy) is 3. The highest BCUT2D eigenvalue weighted by Gasteiger charge is 2.18. The second kappa shape index (κ2) is 11.1.